The molecule has 0 N–H and O–H groups in total. The van der Waals surface area contributed by atoms with E-state index in [1.54, 1.807) is 4.90 Å². The van der Waals surface area contributed by atoms with Crippen LogP contribution in [0.1, 0.15) is 42.4 Å². The Morgan fingerprint density at radius 1 is 0.943 bits per heavy atom. The highest BCUT2D eigenvalue weighted by molar-refractivity contribution is 5.89. The van der Waals surface area contributed by atoms with E-state index in [1.165, 1.54) is 36.0 Å². The van der Waals surface area contributed by atoms with Crippen molar-refractivity contribution in [3.63, 3.8) is 0 Å². The minimum atomic E-state index is -0.190. The molecule has 3 aliphatic rings. The third-order valence-electron chi connectivity index (χ3n) is 8.39. The van der Waals surface area contributed by atoms with Crippen LogP contribution in [0.4, 0.5) is 0 Å². The smallest absolute Gasteiger partial charge is 0.228 e. The van der Waals surface area contributed by atoms with E-state index in [9.17, 15) is 9.59 Å². The number of benzene rings is 2. The molecule has 2 aromatic carbocycles. The minimum Gasteiger partial charge on any atom is -0.345 e. The maximum absolute atomic E-state index is 13.6. The number of hydrogen-bond acceptors (Lipinski definition) is 3. The van der Waals surface area contributed by atoms with Crippen LogP contribution in [-0.4, -0.2) is 72.3 Å². The summed E-state index contributed by atoms with van der Waals surface area (Å²) in [6.07, 6.45) is 6.93. The Balaban J connectivity index is 1.15. The molecule has 2 aromatic rings. The Morgan fingerprint density at radius 2 is 1.60 bits per heavy atom. The van der Waals surface area contributed by atoms with Gasteiger partial charge in [0, 0.05) is 32.6 Å². The van der Waals surface area contributed by atoms with E-state index in [1.807, 2.05) is 7.05 Å². The van der Waals surface area contributed by atoms with E-state index in [0.29, 0.717) is 13.0 Å². The lowest BCUT2D eigenvalue weighted by molar-refractivity contribution is -0.138. The highest BCUT2D eigenvalue weighted by atomic mass is 16.2. The first-order chi connectivity index (χ1) is 17.1. The topological polar surface area (TPSA) is 43.9 Å². The van der Waals surface area contributed by atoms with Crippen molar-refractivity contribution in [1.82, 2.24) is 14.7 Å². The van der Waals surface area contributed by atoms with Crippen molar-refractivity contribution in [2.45, 2.75) is 51.0 Å². The molecule has 2 fully saturated rings. The Morgan fingerprint density at radius 3 is 2.23 bits per heavy atom. The standard InChI is InChI=1S/C30H39N3O2/c1-31-22-27(21-29(31)34)30(35)33(28-19-25-10-5-6-11-26(25)20-28)15-7-14-32-16-12-24(13-17-32)18-23-8-3-2-4-9-23/h2-6,8-11,24,27-28H,7,12-22H2,1H3. The van der Waals surface area contributed by atoms with Crippen LogP contribution in [0.25, 0.3) is 0 Å². The number of fused-ring (bicyclic) bond motifs is 1. The molecule has 0 radical (unpaired) electrons. The van der Waals surface area contributed by atoms with Crippen molar-refractivity contribution in [1.29, 1.82) is 0 Å². The van der Waals surface area contributed by atoms with Crippen LogP contribution in [0, 0.1) is 11.8 Å². The second-order valence-electron chi connectivity index (χ2n) is 10.9. The van der Waals surface area contributed by atoms with Gasteiger partial charge in [0.1, 0.15) is 0 Å². The van der Waals surface area contributed by atoms with Gasteiger partial charge >= 0.3 is 0 Å². The zero-order valence-electron chi connectivity index (χ0n) is 21.1. The number of amides is 2. The zero-order valence-corrected chi connectivity index (χ0v) is 21.1. The van der Waals surface area contributed by atoms with E-state index < -0.39 is 0 Å². The van der Waals surface area contributed by atoms with Gasteiger partial charge < -0.3 is 14.7 Å². The molecule has 35 heavy (non-hydrogen) atoms. The molecular formula is C30H39N3O2. The summed E-state index contributed by atoms with van der Waals surface area (Å²) in [4.78, 5) is 32.2. The first-order valence-electron chi connectivity index (χ1n) is 13.4. The average molecular weight is 474 g/mol. The average Bonchev–Trinajstić information content (AvgIpc) is 3.46. The summed E-state index contributed by atoms with van der Waals surface area (Å²) >= 11 is 0. The Labute approximate surface area is 210 Å². The molecule has 0 spiro atoms. The van der Waals surface area contributed by atoms with Crippen LogP contribution in [0.3, 0.4) is 0 Å². The molecule has 2 aliphatic heterocycles. The highest BCUT2D eigenvalue weighted by Crippen LogP contribution is 2.29. The molecule has 186 valence electrons. The highest BCUT2D eigenvalue weighted by Gasteiger charge is 2.38. The van der Waals surface area contributed by atoms with Crippen LogP contribution in [0.15, 0.2) is 54.6 Å². The van der Waals surface area contributed by atoms with E-state index in [2.05, 4.69) is 64.4 Å². The third kappa shape index (κ3) is 5.78. The predicted octanol–water partition coefficient (Wildman–Crippen LogP) is 3.81. The summed E-state index contributed by atoms with van der Waals surface area (Å²) in [6, 6.07) is 19.7. The molecule has 0 aromatic heterocycles. The quantitative estimate of drug-likeness (QED) is 0.586. The van der Waals surface area contributed by atoms with Gasteiger partial charge in [0.15, 0.2) is 0 Å². The molecule has 5 rings (SSSR count). The second-order valence-corrected chi connectivity index (χ2v) is 10.9. The van der Waals surface area contributed by atoms with Crippen molar-refractivity contribution in [3.8, 4) is 0 Å². The van der Waals surface area contributed by atoms with Gasteiger partial charge in [-0.05, 0) is 80.8 Å². The number of carbonyl (C=O) groups is 2. The summed E-state index contributed by atoms with van der Waals surface area (Å²) < 4.78 is 0. The van der Waals surface area contributed by atoms with Gasteiger partial charge in [0.25, 0.3) is 0 Å². The van der Waals surface area contributed by atoms with E-state index in [4.69, 9.17) is 0 Å². The third-order valence-corrected chi connectivity index (χ3v) is 8.39. The van der Waals surface area contributed by atoms with E-state index >= 15 is 0 Å². The molecule has 1 unspecified atom stereocenters. The SMILES string of the molecule is CN1CC(C(=O)N(CCCN2CCC(Cc3ccccc3)CC2)C2Cc3ccccc3C2)CC1=O. The van der Waals surface area contributed by atoms with Gasteiger partial charge in [-0.15, -0.1) is 0 Å². The molecule has 0 bridgehead atoms. The molecule has 2 saturated heterocycles. The predicted molar refractivity (Wildman–Crippen MR) is 139 cm³/mol. The number of hydrogen-bond donors (Lipinski definition) is 0. The van der Waals surface area contributed by atoms with Crippen LogP contribution in [0.5, 0.6) is 0 Å². The van der Waals surface area contributed by atoms with Gasteiger partial charge in [-0.25, -0.2) is 0 Å². The normalized spacial score (nSPS) is 21.5. The first kappa shape index (κ1) is 24.1. The molecule has 2 heterocycles. The van der Waals surface area contributed by atoms with Crippen LogP contribution in [0.2, 0.25) is 0 Å². The van der Waals surface area contributed by atoms with E-state index in [-0.39, 0.29) is 23.8 Å². The summed E-state index contributed by atoms with van der Waals surface area (Å²) in [5.74, 6) is 0.865. The molecule has 1 atom stereocenters. The summed E-state index contributed by atoms with van der Waals surface area (Å²) in [6.45, 7) is 4.70. The maximum Gasteiger partial charge on any atom is 0.228 e. The fourth-order valence-electron chi connectivity index (χ4n) is 6.32. The van der Waals surface area contributed by atoms with Crippen molar-refractivity contribution < 1.29 is 9.59 Å². The van der Waals surface area contributed by atoms with E-state index in [0.717, 1.165) is 51.4 Å². The first-order valence-corrected chi connectivity index (χ1v) is 13.4. The zero-order chi connectivity index (χ0) is 24.2. The minimum absolute atomic E-state index is 0.0939. The number of carbonyl (C=O) groups excluding carboxylic acids is 2. The Bertz CT molecular complexity index is 990. The largest absolute Gasteiger partial charge is 0.345 e. The lowest BCUT2D eigenvalue weighted by atomic mass is 9.90. The van der Waals surface area contributed by atoms with Gasteiger partial charge in [-0.2, -0.15) is 0 Å². The fourth-order valence-corrected chi connectivity index (χ4v) is 6.32. The lowest BCUT2D eigenvalue weighted by Gasteiger charge is -2.34. The molecule has 5 heteroatoms. The number of piperidine rings is 1. The van der Waals surface area contributed by atoms with Gasteiger partial charge in [-0.3, -0.25) is 9.59 Å². The van der Waals surface area contributed by atoms with Crippen molar-refractivity contribution in [2.75, 3.05) is 39.8 Å². The number of likely N-dealkylation sites (tertiary alicyclic amines) is 2. The molecule has 2 amide bonds. The molecule has 0 saturated carbocycles. The monoisotopic (exact) mass is 473 g/mol. The molecule has 5 nitrogen and oxygen atoms in total. The van der Waals surface area contributed by atoms with Gasteiger partial charge in [0.2, 0.25) is 11.8 Å². The van der Waals surface area contributed by atoms with Crippen molar-refractivity contribution in [3.05, 3.63) is 71.3 Å². The van der Waals surface area contributed by atoms with Crippen molar-refractivity contribution >= 4 is 11.8 Å². The fraction of sp³-hybridized carbons (Fsp3) is 0.533. The molecular weight excluding hydrogens is 434 g/mol. The Hall–Kier alpha value is -2.66. The lowest BCUT2D eigenvalue weighted by Crippen LogP contribution is -2.46. The van der Waals surface area contributed by atoms with Crippen LogP contribution >= 0.6 is 0 Å². The van der Waals surface area contributed by atoms with Gasteiger partial charge in [0.05, 0.1) is 5.92 Å². The number of nitrogens with zero attached hydrogens (tertiary/aromatic N) is 3. The van der Waals surface area contributed by atoms with Crippen molar-refractivity contribution in [2.24, 2.45) is 11.8 Å². The van der Waals surface area contributed by atoms with Crippen LogP contribution < -0.4 is 0 Å². The second kappa shape index (κ2) is 10.9. The molecule has 1 aliphatic carbocycles. The summed E-state index contributed by atoms with van der Waals surface area (Å²) in [7, 11) is 1.81. The van der Waals surface area contributed by atoms with Gasteiger partial charge in [-0.1, -0.05) is 54.6 Å². The van der Waals surface area contributed by atoms with Crippen LogP contribution in [-0.2, 0) is 28.9 Å². The maximum atomic E-state index is 13.6. The summed E-state index contributed by atoms with van der Waals surface area (Å²) in [5.41, 5.74) is 4.19. The number of rotatable bonds is 8. The Kier molecular flexibility index (Phi) is 7.52. The summed E-state index contributed by atoms with van der Waals surface area (Å²) in [5, 5.41) is 0.